The molecule has 84 valence electrons. The lowest BCUT2D eigenvalue weighted by atomic mass is 10.1. The number of halogens is 1. The second-order valence-electron chi connectivity index (χ2n) is 3.90. The zero-order valence-electron chi connectivity index (χ0n) is 9.38. The summed E-state index contributed by atoms with van der Waals surface area (Å²) in [4.78, 5) is 0. The Hall–Kier alpha value is -1.41. The summed E-state index contributed by atoms with van der Waals surface area (Å²) in [6.07, 6.45) is 3.41. The predicted molar refractivity (Wildman–Crippen MR) is 67.0 cm³/mol. The normalized spacial score (nSPS) is 10.4. The van der Waals surface area contributed by atoms with Crippen LogP contribution in [-0.4, -0.2) is 0 Å². The topological polar surface area (TPSA) is 25.2 Å². The van der Waals surface area contributed by atoms with Crippen molar-refractivity contribution in [2.45, 2.75) is 20.4 Å². The van der Waals surface area contributed by atoms with E-state index in [9.17, 15) is 0 Å². The number of nitrogens with one attached hydrogen (secondary N) is 1. The van der Waals surface area contributed by atoms with Crippen molar-refractivity contribution in [2.75, 3.05) is 5.32 Å². The molecule has 0 fully saturated rings. The maximum absolute atomic E-state index is 6.09. The summed E-state index contributed by atoms with van der Waals surface area (Å²) in [7, 11) is 0. The third kappa shape index (κ3) is 2.39. The predicted octanol–water partition coefficient (Wildman–Crippen LogP) is 4.16. The average molecular weight is 236 g/mol. The van der Waals surface area contributed by atoms with Crippen LogP contribution >= 0.6 is 11.6 Å². The van der Waals surface area contributed by atoms with E-state index in [0.717, 1.165) is 28.4 Å². The maximum atomic E-state index is 6.09. The Kier molecular flexibility index (Phi) is 3.20. The Morgan fingerprint density at radius 1 is 1.25 bits per heavy atom. The molecule has 0 aliphatic rings. The molecule has 16 heavy (non-hydrogen) atoms. The third-order valence-corrected chi connectivity index (χ3v) is 2.98. The molecule has 0 saturated carbocycles. The van der Waals surface area contributed by atoms with Crippen LogP contribution in [0, 0.1) is 13.8 Å². The van der Waals surface area contributed by atoms with Gasteiger partial charge in [-0.25, -0.2) is 0 Å². The van der Waals surface area contributed by atoms with Crippen LogP contribution in [0.25, 0.3) is 0 Å². The van der Waals surface area contributed by atoms with Gasteiger partial charge in [0.2, 0.25) is 0 Å². The highest BCUT2D eigenvalue weighted by atomic mass is 35.5. The van der Waals surface area contributed by atoms with E-state index in [1.165, 1.54) is 5.56 Å². The minimum absolute atomic E-state index is 0.747. The van der Waals surface area contributed by atoms with E-state index < -0.39 is 0 Å². The van der Waals surface area contributed by atoms with Crippen LogP contribution in [0.15, 0.2) is 35.1 Å². The first-order chi connectivity index (χ1) is 7.66. The smallest absolute Gasteiger partial charge is 0.0952 e. The molecule has 0 amide bonds. The number of anilines is 1. The fourth-order valence-electron chi connectivity index (χ4n) is 1.61. The number of rotatable bonds is 3. The molecule has 2 aromatic rings. The molecule has 1 aromatic heterocycles. The Bertz CT molecular complexity index is 477. The summed E-state index contributed by atoms with van der Waals surface area (Å²) in [5, 5.41) is 4.13. The van der Waals surface area contributed by atoms with E-state index >= 15 is 0 Å². The van der Waals surface area contributed by atoms with Crippen molar-refractivity contribution in [1.29, 1.82) is 0 Å². The van der Waals surface area contributed by atoms with Crippen molar-refractivity contribution in [1.82, 2.24) is 0 Å². The van der Waals surface area contributed by atoms with Crippen molar-refractivity contribution in [3.05, 3.63) is 52.4 Å². The monoisotopic (exact) mass is 235 g/mol. The van der Waals surface area contributed by atoms with E-state index in [0.29, 0.717) is 0 Å². The first kappa shape index (κ1) is 11.1. The van der Waals surface area contributed by atoms with Crippen LogP contribution < -0.4 is 5.32 Å². The van der Waals surface area contributed by atoms with E-state index in [-0.39, 0.29) is 0 Å². The summed E-state index contributed by atoms with van der Waals surface area (Å²) in [5.41, 5.74) is 4.49. The highest BCUT2D eigenvalue weighted by Gasteiger charge is 2.03. The van der Waals surface area contributed by atoms with Gasteiger partial charge in [0, 0.05) is 22.8 Å². The molecule has 0 unspecified atom stereocenters. The maximum Gasteiger partial charge on any atom is 0.0952 e. The molecule has 0 saturated heterocycles. The zero-order valence-corrected chi connectivity index (χ0v) is 10.1. The lowest BCUT2D eigenvalue weighted by Gasteiger charge is -2.10. The molecule has 0 spiro atoms. The highest BCUT2D eigenvalue weighted by molar-refractivity contribution is 6.31. The fourth-order valence-corrected chi connectivity index (χ4v) is 1.77. The van der Waals surface area contributed by atoms with Gasteiger partial charge in [0.05, 0.1) is 12.5 Å². The van der Waals surface area contributed by atoms with Crippen LogP contribution in [0.3, 0.4) is 0 Å². The van der Waals surface area contributed by atoms with Gasteiger partial charge in [0.1, 0.15) is 0 Å². The molecule has 0 bridgehead atoms. The van der Waals surface area contributed by atoms with Gasteiger partial charge in [0.25, 0.3) is 0 Å². The summed E-state index contributed by atoms with van der Waals surface area (Å²) in [6.45, 7) is 4.83. The second-order valence-corrected chi connectivity index (χ2v) is 4.31. The van der Waals surface area contributed by atoms with Crippen LogP contribution in [0.2, 0.25) is 5.02 Å². The van der Waals surface area contributed by atoms with Crippen LogP contribution in [0.1, 0.15) is 16.7 Å². The average Bonchev–Trinajstić information content (AvgIpc) is 2.74. The highest BCUT2D eigenvalue weighted by Crippen LogP contribution is 2.24. The molecule has 0 radical (unpaired) electrons. The number of benzene rings is 1. The molecule has 2 rings (SSSR count). The quantitative estimate of drug-likeness (QED) is 0.864. The van der Waals surface area contributed by atoms with Crippen LogP contribution in [0.5, 0.6) is 0 Å². The molecule has 0 aliphatic carbocycles. The summed E-state index contributed by atoms with van der Waals surface area (Å²) in [5.74, 6) is 0. The van der Waals surface area contributed by atoms with Crippen molar-refractivity contribution < 1.29 is 4.42 Å². The first-order valence-electron chi connectivity index (χ1n) is 5.18. The van der Waals surface area contributed by atoms with Gasteiger partial charge in [-0.15, -0.1) is 0 Å². The SMILES string of the molecule is Cc1cc(C)c(NCc2ccoc2)cc1Cl. The molecule has 0 atom stereocenters. The molecule has 1 N–H and O–H groups in total. The summed E-state index contributed by atoms with van der Waals surface area (Å²) < 4.78 is 5.01. The lowest BCUT2D eigenvalue weighted by molar-refractivity contribution is 0.564. The van der Waals surface area contributed by atoms with Gasteiger partial charge in [-0.05, 0) is 37.1 Å². The van der Waals surface area contributed by atoms with Gasteiger partial charge < -0.3 is 9.73 Å². The van der Waals surface area contributed by atoms with Crippen LogP contribution in [0.4, 0.5) is 5.69 Å². The second kappa shape index (κ2) is 4.62. The van der Waals surface area contributed by atoms with E-state index in [1.54, 1.807) is 12.5 Å². The molecule has 3 heteroatoms. The fraction of sp³-hybridized carbons (Fsp3) is 0.231. The largest absolute Gasteiger partial charge is 0.472 e. The Morgan fingerprint density at radius 2 is 2.06 bits per heavy atom. The van der Waals surface area contributed by atoms with E-state index in [2.05, 4.69) is 18.3 Å². The van der Waals surface area contributed by atoms with Crippen LogP contribution in [-0.2, 0) is 6.54 Å². The molecular weight excluding hydrogens is 222 g/mol. The standard InChI is InChI=1S/C13H14ClNO/c1-9-5-10(2)13(6-12(9)14)15-7-11-3-4-16-8-11/h3-6,8,15H,7H2,1-2H3. The molecule has 1 heterocycles. The van der Waals surface area contributed by atoms with Gasteiger partial charge in [-0.2, -0.15) is 0 Å². The molecule has 1 aromatic carbocycles. The van der Waals surface area contributed by atoms with E-state index in [1.807, 2.05) is 19.1 Å². The van der Waals surface area contributed by atoms with Crippen molar-refractivity contribution in [3.63, 3.8) is 0 Å². The Balaban J connectivity index is 2.12. The van der Waals surface area contributed by atoms with Crippen molar-refractivity contribution in [2.24, 2.45) is 0 Å². The molecule has 0 aliphatic heterocycles. The minimum Gasteiger partial charge on any atom is -0.472 e. The van der Waals surface area contributed by atoms with Crippen molar-refractivity contribution >= 4 is 17.3 Å². The van der Waals surface area contributed by atoms with Gasteiger partial charge >= 0.3 is 0 Å². The van der Waals surface area contributed by atoms with Gasteiger partial charge in [-0.1, -0.05) is 17.7 Å². The minimum atomic E-state index is 0.747. The van der Waals surface area contributed by atoms with Gasteiger partial charge in [-0.3, -0.25) is 0 Å². The summed E-state index contributed by atoms with van der Waals surface area (Å²) >= 11 is 6.09. The van der Waals surface area contributed by atoms with Gasteiger partial charge in [0.15, 0.2) is 0 Å². The number of furan rings is 1. The number of hydrogen-bond donors (Lipinski definition) is 1. The zero-order chi connectivity index (χ0) is 11.5. The number of aryl methyl sites for hydroxylation is 2. The van der Waals surface area contributed by atoms with Crippen molar-refractivity contribution in [3.8, 4) is 0 Å². The summed E-state index contributed by atoms with van der Waals surface area (Å²) in [6, 6.07) is 5.99. The van der Waals surface area contributed by atoms with E-state index in [4.69, 9.17) is 16.0 Å². The lowest BCUT2D eigenvalue weighted by Crippen LogP contribution is -2.00. The number of hydrogen-bond acceptors (Lipinski definition) is 2. The Labute approximate surface area is 100 Å². The third-order valence-electron chi connectivity index (χ3n) is 2.57. The first-order valence-corrected chi connectivity index (χ1v) is 5.56. The Morgan fingerprint density at radius 3 is 2.75 bits per heavy atom. The molecule has 2 nitrogen and oxygen atoms in total. The molecular formula is C13H14ClNO.